The number of aromatic nitrogens is 1. The average Bonchev–Trinajstić information content (AvgIpc) is 2.21. The molecule has 2 fully saturated rings. The molecule has 1 aromatic heterocycles. The first-order chi connectivity index (χ1) is 8.45. The lowest BCUT2D eigenvalue weighted by atomic mass is 9.82. The van der Waals surface area contributed by atoms with Gasteiger partial charge >= 0.3 is 0 Å². The minimum Gasteiger partial charge on any atom is -0.491 e. The number of rotatable bonds is 2. The summed E-state index contributed by atoms with van der Waals surface area (Å²) >= 11 is 0. The molecule has 2 saturated heterocycles. The van der Waals surface area contributed by atoms with Crippen molar-refractivity contribution in [3.63, 3.8) is 0 Å². The zero-order chi connectivity index (χ0) is 13.0. The molecule has 2 N–H and O–H groups in total. The third kappa shape index (κ3) is 1.61. The first-order valence-corrected chi connectivity index (χ1v) is 7.51. The minimum absolute atomic E-state index is 0.0398. The van der Waals surface area contributed by atoms with Crippen molar-refractivity contribution in [3.8, 4) is 5.75 Å². The maximum atomic E-state index is 11.2. The number of nitrogen functional groups attached to an aromatic ring is 1. The first-order valence-electron chi connectivity index (χ1n) is 5.69. The van der Waals surface area contributed by atoms with Crippen LogP contribution in [0.3, 0.4) is 0 Å². The standard InChI is InChI=1S/C11H15N3O3S/c1-17-9-8(2-3-13-10(9)12)14-4-11(5-14)6-18(15,16)7-11/h2-3H,4-7H2,1H3,(H2,12,13). The monoisotopic (exact) mass is 269 g/mol. The Bertz CT molecular complexity index is 580. The van der Waals surface area contributed by atoms with Crippen molar-refractivity contribution < 1.29 is 13.2 Å². The van der Waals surface area contributed by atoms with E-state index in [1.807, 2.05) is 6.07 Å². The van der Waals surface area contributed by atoms with E-state index in [9.17, 15) is 8.42 Å². The van der Waals surface area contributed by atoms with Gasteiger partial charge in [0.2, 0.25) is 0 Å². The molecule has 6 nitrogen and oxygen atoms in total. The summed E-state index contributed by atoms with van der Waals surface area (Å²) in [6.07, 6.45) is 1.63. The molecule has 2 aliphatic rings. The molecule has 18 heavy (non-hydrogen) atoms. The Morgan fingerprint density at radius 1 is 1.44 bits per heavy atom. The lowest BCUT2D eigenvalue weighted by molar-refractivity contribution is 0.252. The van der Waals surface area contributed by atoms with Crippen LogP contribution in [0.4, 0.5) is 11.5 Å². The van der Waals surface area contributed by atoms with Crippen molar-refractivity contribution in [1.82, 2.24) is 4.98 Å². The molecule has 0 aliphatic carbocycles. The molecular formula is C11H15N3O3S. The number of ether oxygens (including phenoxy) is 1. The Kier molecular flexibility index (Phi) is 2.25. The summed E-state index contributed by atoms with van der Waals surface area (Å²) in [7, 11) is -1.22. The van der Waals surface area contributed by atoms with Crippen LogP contribution in [0.5, 0.6) is 5.75 Å². The SMILES string of the molecule is COc1c(N2CC3(C2)CS(=O)(=O)C3)ccnc1N. The van der Waals surface area contributed by atoms with Gasteiger partial charge in [0.1, 0.15) is 0 Å². The Balaban J connectivity index is 1.78. The fraction of sp³-hybridized carbons (Fsp3) is 0.545. The number of hydrogen-bond donors (Lipinski definition) is 1. The van der Waals surface area contributed by atoms with E-state index in [1.165, 1.54) is 0 Å². The predicted molar refractivity (Wildman–Crippen MR) is 68.5 cm³/mol. The van der Waals surface area contributed by atoms with Crippen molar-refractivity contribution in [2.45, 2.75) is 0 Å². The van der Waals surface area contributed by atoms with Crippen LogP contribution in [0.1, 0.15) is 0 Å². The minimum atomic E-state index is -2.77. The molecule has 1 aromatic rings. The molecule has 98 valence electrons. The predicted octanol–water partition coefficient (Wildman–Crippen LogP) is -0.0928. The summed E-state index contributed by atoms with van der Waals surface area (Å²) in [6.45, 7) is 1.48. The fourth-order valence-electron chi connectivity index (χ4n) is 2.92. The first kappa shape index (κ1) is 11.6. The third-order valence-corrected chi connectivity index (χ3v) is 5.67. The highest BCUT2D eigenvalue weighted by Gasteiger charge is 2.56. The summed E-state index contributed by atoms with van der Waals surface area (Å²) in [4.78, 5) is 6.06. The van der Waals surface area contributed by atoms with E-state index < -0.39 is 9.84 Å². The normalized spacial score (nSPS) is 23.3. The van der Waals surface area contributed by atoms with Crippen molar-refractivity contribution in [1.29, 1.82) is 0 Å². The van der Waals surface area contributed by atoms with Gasteiger partial charge in [0.15, 0.2) is 21.4 Å². The van der Waals surface area contributed by atoms with Gasteiger partial charge in [-0.05, 0) is 6.07 Å². The molecule has 0 atom stereocenters. The van der Waals surface area contributed by atoms with Gasteiger partial charge in [0, 0.05) is 24.7 Å². The van der Waals surface area contributed by atoms with E-state index in [1.54, 1.807) is 13.3 Å². The summed E-state index contributed by atoms with van der Waals surface area (Å²) in [5, 5.41) is 0. The molecule has 3 rings (SSSR count). The van der Waals surface area contributed by atoms with Gasteiger partial charge in [-0.15, -0.1) is 0 Å². The lowest BCUT2D eigenvalue weighted by Crippen LogP contribution is -2.68. The Morgan fingerprint density at radius 2 is 2.11 bits per heavy atom. The zero-order valence-corrected chi connectivity index (χ0v) is 10.9. The largest absolute Gasteiger partial charge is 0.491 e. The van der Waals surface area contributed by atoms with Crippen LogP contribution in [-0.2, 0) is 9.84 Å². The van der Waals surface area contributed by atoms with Crippen LogP contribution in [0.25, 0.3) is 0 Å². The highest BCUT2D eigenvalue weighted by atomic mass is 32.2. The quantitative estimate of drug-likeness (QED) is 0.807. The van der Waals surface area contributed by atoms with Crippen LogP contribution < -0.4 is 15.4 Å². The van der Waals surface area contributed by atoms with Crippen molar-refractivity contribution >= 4 is 21.3 Å². The second-order valence-corrected chi connectivity index (χ2v) is 7.20. The second kappa shape index (κ2) is 3.50. The molecule has 0 saturated carbocycles. The summed E-state index contributed by atoms with van der Waals surface area (Å²) < 4.78 is 27.7. The van der Waals surface area contributed by atoms with Crippen molar-refractivity contribution in [2.24, 2.45) is 5.41 Å². The molecule has 0 bridgehead atoms. The molecule has 0 radical (unpaired) electrons. The number of hydrogen-bond acceptors (Lipinski definition) is 6. The van der Waals surface area contributed by atoms with E-state index >= 15 is 0 Å². The molecule has 0 unspecified atom stereocenters. The van der Waals surface area contributed by atoms with E-state index in [4.69, 9.17) is 10.5 Å². The molecule has 0 amide bonds. The molecule has 1 spiro atoms. The highest BCUT2D eigenvalue weighted by molar-refractivity contribution is 7.92. The number of pyridine rings is 1. The van der Waals surface area contributed by atoms with Crippen LogP contribution >= 0.6 is 0 Å². The molecular weight excluding hydrogens is 254 g/mol. The molecule has 3 heterocycles. The maximum Gasteiger partial charge on any atom is 0.184 e. The summed E-state index contributed by atoms with van der Waals surface area (Å²) in [6, 6.07) is 1.84. The van der Waals surface area contributed by atoms with Crippen LogP contribution in [0.15, 0.2) is 12.3 Å². The van der Waals surface area contributed by atoms with E-state index in [-0.39, 0.29) is 5.41 Å². The van der Waals surface area contributed by atoms with Crippen LogP contribution in [0.2, 0.25) is 0 Å². The van der Waals surface area contributed by atoms with E-state index in [2.05, 4.69) is 9.88 Å². The number of sulfone groups is 1. The van der Waals surface area contributed by atoms with Gasteiger partial charge in [0.05, 0.1) is 24.3 Å². The van der Waals surface area contributed by atoms with Gasteiger partial charge in [-0.2, -0.15) is 0 Å². The second-order valence-electron chi connectivity index (χ2n) is 5.14. The van der Waals surface area contributed by atoms with Gasteiger partial charge < -0.3 is 15.4 Å². The average molecular weight is 269 g/mol. The number of anilines is 2. The zero-order valence-electron chi connectivity index (χ0n) is 10.1. The van der Waals surface area contributed by atoms with E-state index in [0.717, 1.165) is 18.8 Å². The summed E-state index contributed by atoms with van der Waals surface area (Å²) in [5.74, 6) is 1.53. The van der Waals surface area contributed by atoms with Crippen molar-refractivity contribution in [2.75, 3.05) is 42.3 Å². The molecule has 2 aliphatic heterocycles. The topological polar surface area (TPSA) is 85.5 Å². The lowest BCUT2D eigenvalue weighted by Gasteiger charge is -2.55. The van der Waals surface area contributed by atoms with Gasteiger partial charge in [-0.1, -0.05) is 0 Å². The fourth-order valence-corrected chi connectivity index (χ4v) is 5.07. The highest BCUT2D eigenvalue weighted by Crippen LogP contribution is 2.46. The van der Waals surface area contributed by atoms with Gasteiger partial charge in [-0.25, -0.2) is 13.4 Å². The number of nitrogens with two attached hydrogens (primary N) is 1. The molecule has 0 aromatic carbocycles. The Hall–Kier alpha value is -1.50. The maximum absolute atomic E-state index is 11.2. The Morgan fingerprint density at radius 3 is 2.67 bits per heavy atom. The van der Waals surface area contributed by atoms with Gasteiger partial charge in [-0.3, -0.25) is 0 Å². The van der Waals surface area contributed by atoms with Crippen LogP contribution in [-0.4, -0.2) is 45.1 Å². The molecule has 7 heteroatoms. The van der Waals surface area contributed by atoms with Crippen LogP contribution in [0, 0.1) is 5.41 Å². The summed E-state index contributed by atoms with van der Waals surface area (Å²) in [5.41, 5.74) is 6.60. The number of nitrogens with zero attached hydrogens (tertiary/aromatic N) is 2. The van der Waals surface area contributed by atoms with Gasteiger partial charge in [0.25, 0.3) is 0 Å². The van der Waals surface area contributed by atoms with E-state index in [0.29, 0.717) is 23.1 Å². The third-order valence-electron chi connectivity index (χ3n) is 3.56. The smallest absolute Gasteiger partial charge is 0.184 e. The Labute approximate surface area is 106 Å². The van der Waals surface area contributed by atoms with Crippen molar-refractivity contribution in [3.05, 3.63) is 12.3 Å². The number of methoxy groups -OCH3 is 1.